The summed E-state index contributed by atoms with van der Waals surface area (Å²) in [6.45, 7) is 4.05. The monoisotopic (exact) mass is 351 g/mol. The zero-order chi connectivity index (χ0) is 17.6. The van der Waals surface area contributed by atoms with Gasteiger partial charge in [0.05, 0.1) is 6.61 Å². The van der Waals surface area contributed by atoms with E-state index in [1.165, 1.54) is 17.3 Å². The molecule has 0 aliphatic heterocycles. The maximum absolute atomic E-state index is 12.2. The standard InChI is InChI=1S/C19H17N3O2S/c1-3-24-19(23)16-18(25-15-11-9-13(2)10-12-15)20-17(22-21-16)14-7-5-4-6-8-14/h4-12H,3H2,1-2H3. The van der Waals surface area contributed by atoms with Crippen molar-refractivity contribution in [3.05, 3.63) is 65.9 Å². The second kappa shape index (κ2) is 7.90. The van der Waals surface area contributed by atoms with Crippen molar-refractivity contribution in [3.8, 4) is 11.4 Å². The summed E-state index contributed by atoms with van der Waals surface area (Å²) in [4.78, 5) is 17.7. The van der Waals surface area contributed by atoms with Gasteiger partial charge in [0.15, 0.2) is 5.82 Å². The molecule has 0 amide bonds. The van der Waals surface area contributed by atoms with Crippen LogP contribution < -0.4 is 0 Å². The molecule has 0 fully saturated rings. The molecule has 1 aromatic heterocycles. The fourth-order valence-electron chi connectivity index (χ4n) is 2.14. The molecule has 0 atom stereocenters. The molecule has 2 aromatic carbocycles. The van der Waals surface area contributed by atoms with Crippen LogP contribution in [0.4, 0.5) is 0 Å². The van der Waals surface area contributed by atoms with Crippen molar-refractivity contribution in [2.24, 2.45) is 0 Å². The Morgan fingerprint density at radius 3 is 2.44 bits per heavy atom. The number of carbonyl (C=O) groups excluding carboxylic acids is 1. The quantitative estimate of drug-likeness (QED) is 0.643. The molecule has 126 valence electrons. The topological polar surface area (TPSA) is 65.0 Å². The number of hydrogen-bond acceptors (Lipinski definition) is 6. The fourth-order valence-corrected chi connectivity index (χ4v) is 2.99. The molecular weight excluding hydrogens is 334 g/mol. The number of nitrogens with zero attached hydrogens (tertiary/aromatic N) is 3. The summed E-state index contributed by atoms with van der Waals surface area (Å²) < 4.78 is 5.08. The maximum Gasteiger partial charge on any atom is 0.361 e. The average Bonchev–Trinajstić information content (AvgIpc) is 2.64. The van der Waals surface area contributed by atoms with Crippen molar-refractivity contribution in [2.45, 2.75) is 23.8 Å². The highest BCUT2D eigenvalue weighted by Gasteiger charge is 2.19. The summed E-state index contributed by atoms with van der Waals surface area (Å²) in [6.07, 6.45) is 0. The summed E-state index contributed by atoms with van der Waals surface area (Å²) in [5, 5.41) is 8.66. The van der Waals surface area contributed by atoms with E-state index in [9.17, 15) is 4.79 Å². The van der Waals surface area contributed by atoms with Gasteiger partial charge in [0.25, 0.3) is 0 Å². The average molecular weight is 351 g/mol. The van der Waals surface area contributed by atoms with Crippen LogP contribution in [0, 0.1) is 6.92 Å². The van der Waals surface area contributed by atoms with Crippen molar-refractivity contribution in [3.63, 3.8) is 0 Å². The van der Waals surface area contributed by atoms with Gasteiger partial charge >= 0.3 is 5.97 Å². The summed E-state index contributed by atoms with van der Waals surface area (Å²) in [5.74, 6) is -0.0417. The van der Waals surface area contributed by atoms with Crippen molar-refractivity contribution >= 4 is 17.7 Å². The van der Waals surface area contributed by atoms with Crippen molar-refractivity contribution < 1.29 is 9.53 Å². The Morgan fingerprint density at radius 2 is 1.76 bits per heavy atom. The lowest BCUT2D eigenvalue weighted by Crippen LogP contribution is -2.12. The number of rotatable bonds is 5. The predicted octanol–water partition coefficient (Wildman–Crippen LogP) is 4.17. The van der Waals surface area contributed by atoms with E-state index < -0.39 is 5.97 Å². The third kappa shape index (κ3) is 4.22. The van der Waals surface area contributed by atoms with Gasteiger partial charge < -0.3 is 4.74 Å². The second-order valence-corrected chi connectivity index (χ2v) is 6.35. The minimum absolute atomic E-state index is 0.132. The molecule has 6 heteroatoms. The van der Waals surface area contributed by atoms with E-state index in [4.69, 9.17) is 4.74 Å². The number of benzene rings is 2. The Bertz CT molecular complexity index is 868. The van der Waals surface area contributed by atoms with Crippen molar-refractivity contribution in [2.75, 3.05) is 6.61 Å². The van der Waals surface area contributed by atoms with Gasteiger partial charge in [-0.15, -0.1) is 10.2 Å². The number of esters is 1. The molecule has 0 saturated heterocycles. The van der Waals surface area contributed by atoms with Crippen LogP contribution in [0.5, 0.6) is 0 Å². The molecule has 0 saturated carbocycles. The molecule has 0 aliphatic rings. The lowest BCUT2D eigenvalue weighted by molar-refractivity contribution is 0.0512. The van der Waals surface area contributed by atoms with Gasteiger partial charge in [-0.3, -0.25) is 0 Å². The van der Waals surface area contributed by atoms with Crippen LogP contribution in [-0.4, -0.2) is 27.8 Å². The summed E-state index contributed by atoms with van der Waals surface area (Å²) in [5.41, 5.74) is 2.14. The van der Waals surface area contributed by atoms with Gasteiger partial charge in [-0.25, -0.2) is 9.78 Å². The minimum atomic E-state index is -0.517. The molecule has 0 bridgehead atoms. The Balaban J connectivity index is 2.01. The van der Waals surface area contributed by atoms with Crippen LogP contribution in [0.2, 0.25) is 0 Å². The third-order valence-corrected chi connectivity index (χ3v) is 4.38. The summed E-state index contributed by atoms with van der Waals surface area (Å²) in [6, 6.07) is 17.5. The lowest BCUT2D eigenvalue weighted by Gasteiger charge is -2.08. The Hall–Kier alpha value is -2.73. The number of aryl methyl sites for hydroxylation is 1. The Morgan fingerprint density at radius 1 is 1.04 bits per heavy atom. The van der Waals surface area contributed by atoms with Crippen LogP contribution >= 0.6 is 11.8 Å². The molecule has 1 heterocycles. The van der Waals surface area contributed by atoms with Gasteiger partial charge in [-0.05, 0) is 26.0 Å². The minimum Gasteiger partial charge on any atom is -0.461 e. The highest BCUT2D eigenvalue weighted by Crippen LogP contribution is 2.30. The summed E-state index contributed by atoms with van der Waals surface area (Å²) in [7, 11) is 0. The second-order valence-electron chi connectivity index (χ2n) is 5.29. The largest absolute Gasteiger partial charge is 0.461 e. The zero-order valence-corrected chi connectivity index (χ0v) is 14.8. The molecule has 0 aliphatic carbocycles. The Labute approximate surface area is 150 Å². The van der Waals surface area contributed by atoms with Crippen LogP contribution in [0.1, 0.15) is 23.0 Å². The van der Waals surface area contributed by atoms with E-state index in [0.29, 0.717) is 10.9 Å². The van der Waals surface area contributed by atoms with E-state index in [2.05, 4.69) is 15.2 Å². The van der Waals surface area contributed by atoms with Gasteiger partial charge in [0.1, 0.15) is 5.03 Å². The molecule has 5 nitrogen and oxygen atoms in total. The van der Waals surface area contributed by atoms with Crippen LogP contribution in [0.25, 0.3) is 11.4 Å². The fraction of sp³-hybridized carbons (Fsp3) is 0.158. The molecule has 0 spiro atoms. The Kier molecular flexibility index (Phi) is 5.40. The van der Waals surface area contributed by atoms with Gasteiger partial charge in [-0.2, -0.15) is 0 Å². The first-order valence-electron chi connectivity index (χ1n) is 7.89. The number of ether oxygens (including phenoxy) is 1. The molecule has 3 rings (SSSR count). The van der Waals surface area contributed by atoms with Crippen LogP contribution in [0.15, 0.2) is 64.5 Å². The van der Waals surface area contributed by atoms with Gasteiger partial charge in [0.2, 0.25) is 5.69 Å². The predicted molar refractivity (Wildman–Crippen MR) is 96.5 cm³/mol. The lowest BCUT2D eigenvalue weighted by atomic mass is 10.2. The first-order valence-corrected chi connectivity index (χ1v) is 8.71. The number of carbonyl (C=O) groups is 1. The van der Waals surface area contributed by atoms with Gasteiger partial charge in [0, 0.05) is 10.5 Å². The van der Waals surface area contributed by atoms with Crippen LogP contribution in [-0.2, 0) is 4.74 Å². The number of aromatic nitrogens is 3. The smallest absolute Gasteiger partial charge is 0.361 e. The summed E-state index contributed by atoms with van der Waals surface area (Å²) >= 11 is 1.37. The molecule has 0 radical (unpaired) electrons. The normalized spacial score (nSPS) is 10.5. The van der Waals surface area contributed by atoms with E-state index >= 15 is 0 Å². The molecule has 0 unspecified atom stereocenters. The van der Waals surface area contributed by atoms with E-state index in [-0.39, 0.29) is 12.3 Å². The SMILES string of the molecule is CCOC(=O)c1nnc(-c2ccccc2)nc1Sc1ccc(C)cc1. The van der Waals surface area contributed by atoms with E-state index in [0.717, 1.165) is 10.5 Å². The number of hydrogen-bond donors (Lipinski definition) is 0. The van der Waals surface area contributed by atoms with Crippen molar-refractivity contribution in [1.82, 2.24) is 15.2 Å². The maximum atomic E-state index is 12.2. The highest BCUT2D eigenvalue weighted by atomic mass is 32.2. The molecule has 0 N–H and O–H groups in total. The van der Waals surface area contributed by atoms with Crippen LogP contribution in [0.3, 0.4) is 0 Å². The molecule has 25 heavy (non-hydrogen) atoms. The molecular formula is C19H17N3O2S. The van der Waals surface area contributed by atoms with E-state index in [1.807, 2.05) is 61.5 Å². The first kappa shape index (κ1) is 17.1. The van der Waals surface area contributed by atoms with Crippen molar-refractivity contribution in [1.29, 1.82) is 0 Å². The first-order chi connectivity index (χ1) is 12.2. The zero-order valence-electron chi connectivity index (χ0n) is 14.0. The van der Waals surface area contributed by atoms with E-state index in [1.54, 1.807) is 6.92 Å². The third-order valence-electron chi connectivity index (χ3n) is 3.39. The van der Waals surface area contributed by atoms with Gasteiger partial charge in [-0.1, -0.05) is 59.8 Å². The molecule has 3 aromatic rings. The highest BCUT2D eigenvalue weighted by molar-refractivity contribution is 7.99.